The molecular formula is C20H23N3O3. The lowest BCUT2D eigenvalue weighted by Gasteiger charge is -2.07. The number of nitrogens with zero attached hydrogens (tertiary/aromatic N) is 1. The van der Waals surface area contributed by atoms with Crippen LogP contribution in [0.15, 0.2) is 42.6 Å². The van der Waals surface area contributed by atoms with Crippen LogP contribution >= 0.6 is 0 Å². The second-order valence-corrected chi connectivity index (χ2v) is 6.08. The number of aromatic amines is 1. The lowest BCUT2D eigenvalue weighted by molar-refractivity contribution is -0.117. The average molecular weight is 353 g/mol. The number of aliphatic hydroxyl groups excluding tert-OH is 1. The van der Waals surface area contributed by atoms with Crippen molar-refractivity contribution in [3.05, 3.63) is 42.6 Å². The van der Waals surface area contributed by atoms with E-state index in [9.17, 15) is 4.79 Å². The van der Waals surface area contributed by atoms with Gasteiger partial charge in [-0.3, -0.25) is 4.79 Å². The molecule has 26 heavy (non-hydrogen) atoms. The van der Waals surface area contributed by atoms with Gasteiger partial charge in [-0.25, -0.2) is 4.98 Å². The summed E-state index contributed by atoms with van der Waals surface area (Å²) in [5.74, 6) is 1.64. The summed E-state index contributed by atoms with van der Waals surface area (Å²) in [6.45, 7) is 1.93. The fraction of sp³-hybridized carbons (Fsp3) is 0.300. The first-order valence-corrected chi connectivity index (χ1v) is 8.71. The smallest absolute Gasteiger partial charge is 0.228 e. The Labute approximate surface area is 152 Å². The predicted octanol–water partition coefficient (Wildman–Crippen LogP) is 3.59. The molecule has 1 aliphatic rings. The topological polar surface area (TPSA) is 87.2 Å². The number of H-pyrrole nitrogens is 1. The maximum atomic E-state index is 11.8. The zero-order valence-electron chi connectivity index (χ0n) is 15.0. The van der Waals surface area contributed by atoms with Crippen molar-refractivity contribution in [2.45, 2.75) is 19.8 Å². The highest BCUT2D eigenvalue weighted by atomic mass is 16.5. The van der Waals surface area contributed by atoms with Gasteiger partial charge in [0.05, 0.1) is 7.11 Å². The Balaban J connectivity index is 0.000000613. The van der Waals surface area contributed by atoms with E-state index in [2.05, 4.69) is 15.3 Å². The largest absolute Gasteiger partial charge is 0.496 e. The zero-order chi connectivity index (χ0) is 18.5. The first-order valence-electron chi connectivity index (χ1n) is 8.71. The molecule has 1 saturated carbocycles. The predicted molar refractivity (Wildman–Crippen MR) is 102 cm³/mol. The van der Waals surface area contributed by atoms with E-state index in [0.717, 1.165) is 40.8 Å². The summed E-state index contributed by atoms with van der Waals surface area (Å²) in [5, 5.41) is 11.4. The number of pyridine rings is 1. The van der Waals surface area contributed by atoms with Gasteiger partial charge in [-0.1, -0.05) is 18.2 Å². The molecule has 0 unspecified atom stereocenters. The van der Waals surface area contributed by atoms with E-state index < -0.39 is 0 Å². The van der Waals surface area contributed by atoms with Gasteiger partial charge in [-0.2, -0.15) is 0 Å². The summed E-state index contributed by atoms with van der Waals surface area (Å²) in [6.07, 6.45) is 3.88. The molecular weight excluding hydrogens is 330 g/mol. The van der Waals surface area contributed by atoms with Gasteiger partial charge in [0.25, 0.3) is 0 Å². The SMILES string of the molecule is CCO.COc1ccccc1-c1c[nH]c2nc(NC(=O)C3CC3)ccc12. The van der Waals surface area contributed by atoms with Gasteiger partial charge < -0.3 is 20.1 Å². The molecule has 3 N–H and O–H groups in total. The minimum absolute atomic E-state index is 0.0633. The van der Waals surface area contributed by atoms with Crippen molar-refractivity contribution in [3.63, 3.8) is 0 Å². The number of benzene rings is 1. The molecule has 1 aromatic carbocycles. The Bertz CT molecular complexity index is 900. The third kappa shape index (κ3) is 3.86. The number of fused-ring (bicyclic) bond motifs is 1. The minimum Gasteiger partial charge on any atom is -0.496 e. The average Bonchev–Trinajstić information content (AvgIpc) is 3.43. The molecule has 0 radical (unpaired) electrons. The number of rotatable bonds is 4. The number of carbonyl (C=O) groups is 1. The van der Waals surface area contributed by atoms with Crippen LogP contribution in [-0.4, -0.2) is 34.7 Å². The van der Waals surface area contributed by atoms with Crippen molar-refractivity contribution in [1.29, 1.82) is 0 Å². The second kappa shape index (κ2) is 8.01. The standard InChI is InChI=1S/C18H17N3O2.C2H6O/c1-23-15-5-3-2-4-12(15)14-10-19-17-13(14)8-9-16(20-17)21-18(22)11-6-7-11;1-2-3/h2-5,8-11H,6-7H2,1H3,(H2,19,20,21,22);3H,2H2,1H3. The van der Waals surface area contributed by atoms with Crippen LogP contribution in [0, 0.1) is 5.92 Å². The van der Waals surface area contributed by atoms with Crippen LogP contribution in [0.1, 0.15) is 19.8 Å². The Kier molecular flexibility index (Phi) is 5.53. The van der Waals surface area contributed by atoms with E-state index in [-0.39, 0.29) is 18.4 Å². The van der Waals surface area contributed by atoms with Crippen molar-refractivity contribution in [3.8, 4) is 16.9 Å². The van der Waals surface area contributed by atoms with Crippen LogP contribution in [0.3, 0.4) is 0 Å². The number of hydrogen-bond acceptors (Lipinski definition) is 4. The number of hydrogen-bond donors (Lipinski definition) is 3. The van der Waals surface area contributed by atoms with Gasteiger partial charge in [0.2, 0.25) is 5.91 Å². The van der Waals surface area contributed by atoms with Crippen molar-refractivity contribution >= 4 is 22.8 Å². The summed E-state index contributed by atoms with van der Waals surface area (Å²) in [5.41, 5.74) is 2.79. The van der Waals surface area contributed by atoms with Crippen molar-refractivity contribution < 1.29 is 14.6 Å². The van der Waals surface area contributed by atoms with Crippen LogP contribution in [0.4, 0.5) is 5.82 Å². The van der Waals surface area contributed by atoms with Crippen LogP contribution in [0.2, 0.25) is 0 Å². The van der Waals surface area contributed by atoms with Gasteiger partial charge in [0.15, 0.2) is 0 Å². The molecule has 3 aromatic rings. The first-order chi connectivity index (χ1) is 12.7. The van der Waals surface area contributed by atoms with Crippen molar-refractivity contribution in [2.24, 2.45) is 5.92 Å². The number of carbonyl (C=O) groups excluding carboxylic acids is 1. The number of para-hydroxylation sites is 1. The lowest BCUT2D eigenvalue weighted by atomic mass is 10.0. The molecule has 2 heterocycles. The number of aliphatic hydroxyl groups is 1. The Hall–Kier alpha value is -2.86. The van der Waals surface area contributed by atoms with Crippen LogP contribution in [0.25, 0.3) is 22.2 Å². The van der Waals surface area contributed by atoms with E-state index in [1.807, 2.05) is 42.6 Å². The summed E-state index contributed by atoms with van der Waals surface area (Å²) in [6, 6.07) is 11.7. The third-order valence-corrected chi connectivity index (χ3v) is 4.14. The molecule has 4 rings (SSSR count). The highest BCUT2D eigenvalue weighted by Crippen LogP contribution is 2.35. The molecule has 1 amide bonds. The van der Waals surface area contributed by atoms with E-state index >= 15 is 0 Å². The van der Waals surface area contributed by atoms with Gasteiger partial charge in [0.1, 0.15) is 17.2 Å². The van der Waals surface area contributed by atoms with E-state index in [1.54, 1.807) is 14.0 Å². The van der Waals surface area contributed by atoms with Gasteiger partial charge in [0, 0.05) is 35.2 Å². The van der Waals surface area contributed by atoms with Gasteiger partial charge in [-0.15, -0.1) is 0 Å². The molecule has 136 valence electrons. The molecule has 1 fully saturated rings. The van der Waals surface area contributed by atoms with Gasteiger partial charge in [-0.05, 0) is 38.0 Å². The highest BCUT2D eigenvalue weighted by molar-refractivity contribution is 5.98. The fourth-order valence-electron chi connectivity index (χ4n) is 2.74. The molecule has 2 aromatic heterocycles. The number of anilines is 1. The number of aromatic nitrogens is 2. The summed E-state index contributed by atoms with van der Waals surface area (Å²) in [7, 11) is 1.66. The molecule has 0 aliphatic heterocycles. The molecule has 0 atom stereocenters. The summed E-state index contributed by atoms with van der Waals surface area (Å²) < 4.78 is 5.44. The van der Waals surface area contributed by atoms with Gasteiger partial charge >= 0.3 is 0 Å². The highest BCUT2D eigenvalue weighted by Gasteiger charge is 2.29. The third-order valence-electron chi connectivity index (χ3n) is 4.14. The lowest BCUT2D eigenvalue weighted by Crippen LogP contribution is -2.14. The van der Waals surface area contributed by atoms with Crippen molar-refractivity contribution in [2.75, 3.05) is 19.0 Å². The Morgan fingerprint density at radius 1 is 1.27 bits per heavy atom. The normalized spacial score (nSPS) is 13.0. The number of ether oxygens (including phenoxy) is 1. The summed E-state index contributed by atoms with van der Waals surface area (Å²) >= 11 is 0. The Morgan fingerprint density at radius 3 is 2.69 bits per heavy atom. The Morgan fingerprint density at radius 2 is 2.00 bits per heavy atom. The van der Waals surface area contributed by atoms with Crippen molar-refractivity contribution in [1.82, 2.24) is 9.97 Å². The van der Waals surface area contributed by atoms with Crippen LogP contribution in [0.5, 0.6) is 5.75 Å². The molecule has 0 spiro atoms. The zero-order valence-corrected chi connectivity index (χ0v) is 15.0. The molecule has 1 aliphatic carbocycles. The number of nitrogens with one attached hydrogen (secondary N) is 2. The number of methoxy groups -OCH3 is 1. The van der Waals surface area contributed by atoms with E-state index in [1.165, 1.54) is 0 Å². The van der Waals surface area contributed by atoms with Crippen LogP contribution < -0.4 is 10.1 Å². The fourth-order valence-corrected chi connectivity index (χ4v) is 2.74. The molecule has 0 bridgehead atoms. The maximum absolute atomic E-state index is 11.8. The molecule has 0 saturated heterocycles. The molecule has 6 heteroatoms. The second-order valence-electron chi connectivity index (χ2n) is 6.08. The monoisotopic (exact) mass is 353 g/mol. The maximum Gasteiger partial charge on any atom is 0.228 e. The summed E-state index contributed by atoms with van der Waals surface area (Å²) in [4.78, 5) is 19.5. The molecule has 6 nitrogen and oxygen atoms in total. The first kappa shape index (κ1) is 17.9. The number of amides is 1. The quantitative estimate of drug-likeness (QED) is 0.669. The van der Waals surface area contributed by atoms with Crippen LogP contribution in [-0.2, 0) is 4.79 Å². The van der Waals surface area contributed by atoms with E-state index in [0.29, 0.717) is 5.82 Å². The van der Waals surface area contributed by atoms with E-state index in [4.69, 9.17) is 9.84 Å². The minimum atomic E-state index is 0.0633.